The number of hydrogen-bond acceptors (Lipinski definition) is 4. The summed E-state index contributed by atoms with van der Waals surface area (Å²) in [6, 6.07) is 10.4. The minimum Gasteiger partial charge on any atom is -0.495 e. The molecule has 1 N–H and O–H groups in total. The van der Waals surface area contributed by atoms with E-state index in [1.54, 1.807) is 29.2 Å². The van der Waals surface area contributed by atoms with Gasteiger partial charge in [0.05, 0.1) is 7.11 Å². The van der Waals surface area contributed by atoms with Gasteiger partial charge in [0, 0.05) is 24.3 Å². The third-order valence-electron chi connectivity index (χ3n) is 4.69. The highest BCUT2D eigenvalue weighted by Crippen LogP contribution is 2.32. The van der Waals surface area contributed by atoms with Crippen LogP contribution in [0.15, 0.2) is 41.3 Å². The lowest BCUT2D eigenvalue weighted by atomic mass is 9.99. The number of sulfonamides is 1. The Kier molecular flexibility index (Phi) is 5.65. The number of amides is 1. The Hall–Kier alpha value is -2.54. The van der Waals surface area contributed by atoms with Crippen molar-refractivity contribution in [2.75, 3.05) is 23.3 Å². The largest absolute Gasteiger partial charge is 0.495 e. The summed E-state index contributed by atoms with van der Waals surface area (Å²) < 4.78 is 33.7. The zero-order valence-corrected chi connectivity index (χ0v) is 17.5. The van der Waals surface area contributed by atoms with Gasteiger partial charge < -0.3 is 9.64 Å². The molecule has 2 aromatic carbocycles. The number of fused-ring (bicyclic) bond motifs is 1. The van der Waals surface area contributed by atoms with Gasteiger partial charge in [-0.1, -0.05) is 19.9 Å². The van der Waals surface area contributed by atoms with Crippen molar-refractivity contribution >= 4 is 27.3 Å². The smallest absolute Gasteiger partial charge is 0.265 e. The zero-order valence-electron chi connectivity index (χ0n) is 16.7. The molecule has 150 valence electrons. The average molecular weight is 403 g/mol. The molecule has 0 saturated heterocycles. The van der Waals surface area contributed by atoms with Crippen molar-refractivity contribution in [2.45, 2.75) is 38.5 Å². The van der Waals surface area contributed by atoms with Crippen molar-refractivity contribution in [3.8, 4) is 5.75 Å². The first-order chi connectivity index (χ1) is 13.2. The maximum absolute atomic E-state index is 12.9. The standard InChI is InChI=1S/C21H26N2O4S/c1-14(2)13-23-18-8-7-17(12-16(18)6-10-21(23)24)22-28(25,26)20-11-15(3)5-9-19(20)27-4/h5,7-9,11-12,14,22H,6,10,13H2,1-4H3. The fourth-order valence-corrected chi connectivity index (χ4v) is 4.70. The van der Waals surface area contributed by atoms with E-state index in [0.29, 0.717) is 36.7 Å². The Morgan fingerprint density at radius 2 is 1.89 bits per heavy atom. The normalized spacial score (nSPS) is 14.2. The van der Waals surface area contributed by atoms with E-state index in [1.165, 1.54) is 7.11 Å². The zero-order chi connectivity index (χ0) is 20.5. The number of hydrogen-bond donors (Lipinski definition) is 1. The molecule has 0 atom stereocenters. The number of ether oxygens (including phenoxy) is 1. The molecule has 0 aromatic heterocycles. The van der Waals surface area contributed by atoms with Crippen LogP contribution in [0, 0.1) is 12.8 Å². The molecule has 0 unspecified atom stereocenters. The van der Waals surface area contributed by atoms with E-state index in [9.17, 15) is 13.2 Å². The lowest BCUT2D eigenvalue weighted by Gasteiger charge is -2.31. The van der Waals surface area contributed by atoms with E-state index in [1.807, 2.05) is 19.1 Å². The van der Waals surface area contributed by atoms with Crippen molar-refractivity contribution in [1.29, 1.82) is 0 Å². The van der Waals surface area contributed by atoms with Gasteiger partial charge in [0.1, 0.15) is 10.6 Å². The molecule has 1 amide bonds. The monoisotopic (exact) mass is 402 g/mol. The average Bonchev–Trinajstić information content (AvgIpc) is 2.63. The van der Waals surface area contributed by atoms with Gasteiger partial charge in [0.25, 0.3) is 10.0 Å². The number of rotatable bonds is 6. The van der Waals surface area contributed by atoms with Crippen LogP contribution in [-0.2, 0) is 21.2 Å². The molecule has 7 heteroatoms. The molecule has 0 bridgehead atoms. The van der Waals surface area contributed by atoms with Crippen LogP contribution in [0.1, 0.15) is 31.4 Å². The molecule has 0 radical (unpaired) electrons. The second-order valence-electron chi connectivity index (χ2n) is 7.50. The minimum atomic E-state index is -3.80. The lowest BCUT2D eigenvalue weighted by Crippen LogP contribution is -2.37. The van der Waals surface area contributed by atoms with Gasteiger partial charge in [-0.2, -0.15) is 0 Å². The Balaban J connectivity index is 1.92. The van der Waals surface area contributed by atoms with Crippen LogP contribution in [0.3, 0.4) is 0 Å². The molecule has 28 heavy (non-hydrogen) atoms. The van der Waals surface area contributed by atoms with Crippen molar-refractivity contribution in [3.05, 3.63) is 47.5 Å². The van der Waals surface area contributed by atoms with Gasteiger partial charge in [-0.3, -0.25) is 9.52 Å². The van der Waals surface area contributed by atoms with Gasteiger partial charge in [0.2, 0.25) is 5.91 Å². The highest BCUT2D eigenvalue weighted by atomic mass is 32.2. The van der Waals surface area contributed by atoms with E-state index >= 15 is 0 Å². The number of methoxy groups -OCH3 is 1. The second-order valence-corrected chi connectivity index (χ2v) is 9.15. The molecule has 2 aromatic rings. The van der Waals surface area contributed by atoms with E-state index in [0.717, 1.165) is 16.8 Å². The Morgan fingerprint density at radius 3 is 2.57 bits per heavy atom. The fraction of sp³-hybridized carbons (Fsp3) is 0.381. The summed E-state index contributed by atoms with van der Waals surface area (Å²) in [5.74, 6) is 0.755. The minimum absolute atomic E-state index is 0.101. The first kappa shape index (κ1) is 20.2. The van der Waals surface area contributed by atoms with Crippen LogP contribution in [0.25, 0.3) is 0 Å². The summed E-state index contributed by atoms with van der Waals surface area (Å²) in [6.45, 7) is 6.62. The number of nitrogens with zero attached hydrogens (tertiary/aromatic N) is 1. The van der Waals surface area contributed by atoms with Gasteiger partial charge in [-0.05, 0) is 60.7 Å². The van der Waals surface area contributed by atoms with E-state index in [4.69, 9.17) is 4.74 Å². The maximum Gasteiger partial charge on any atom is 0.265 e. The number of benzene rings is 2. The predicted octanol–water partition coefficient (Wildman–Crippen LogP) is 3.74. The number of carbonyl (C=O) groups excluding carboxylic acids is 1. The molecule has 1 heterocycles. The molecular weight excluding hydrogens is 376 g/mol. The molecule has 1 aliphatic heterocycles. The molecule has 0 aliphatic carbocycles. The summed E-state index contributed by atoms with van der Waals surface area (Å²) in [5, 5.41) is 0. The van der Waals surface area contributed by atoms with Gasteiger partial charge in [0.15, 0.2) is 0 Å². The van der Waals surface area contributed by atoms with Gasteiger partial charge in [-0.25, -0.2) is 8.42 Å². The quantitative estimate of drug-likeness (QED) is 0.799. The molecular formula is C21H26N2O4S. The third kappa shape index (κ3) is 4.14. The second kappa shape index (κ2) is 7.83. The van der Waals surface area contributed by atoms with E-state index < -0.39 is 10.0 Å². The van der Waals surface area contributed by atoms with E-state index in [2.05, 4.69) is 18.6 Å². The molecule has 0 spiro atoms. The van der Waals surface area contributed by atoms with Crippen LogP contribution in [-0.4, -0.2) is 28.0 Å². The summed E-state index contributed by atoms with van der Waals surface area (Å²) in [7, 11) is -2.36. The van der Waals surface area contributed by atoms with Gasteiger partial charge in [-0.15, -0.1) is 0 Å². The first-order valence-corrected chi connectivity index (χ1v) is 10.8. The van der Waals surface area contributed by atoms with Crippen LogP contribution in [0.5, 0.6) is 5.75 Å². The van der Waals surface area contributed by atoms with Crippen molar-refractivity contribution < 1.29 is 17.9 Å². The SMILES string of the molecule is COc1ccc(C)cc1S(=O)(=O)Nc1ccc2c(c1)CCC(=O)N2CC(C)C. The molecule has 6 nitrogen and oxygen atoms in total. The summed E-state index contributed by atoms with van der Waals surface area (Å²) >= 11 is 0. The van der Waals surface area contributed by atoms with Crippen molar-refractivity contribution in [3.63, 3.8) is 0 Å². The fourth-order valence-electron chi connectivity index (χ4n) is 3.39. The number of carbonyl (C=O) groups is 1. The molecule has 0 fully saturated rings. The molecule has 3 rings (SSSR count). The highest BCUT2D eigenvalue weighted by Gasteiger charge is 2.26. The van der Waals surface area contributed by atoms with Crippen LogP contribution < -0.4 is 14.4 Å². The van der Waals surface area contributed by atoms with Crippen molar-refractivity contribution in [1.82, 2.24) is 0 Å². The highest BCUT2D eigenvalue weighted by molar-refractivity contribution is 7.92. The molecule has 1 aliphatic rings. The third-order valence-corrected chi connectivity index (χ3v) is 6.09. The Morgan fingerprint density at radius 1 is 1.14 bits per heavy atom. The van der Waals surface area contributed by atoms with Crippen LogP contribution in [0.4, 0.5) is 11.4 Å². The Bertz CT molecular complexity index is 999. The van der Waals surface area contributed by atoms with Gasteiger partial charge >= 0.3 is 0 Å². The summed E-state index contributed by atoms with van der Waals surface area (Å²) in [4.78, 5) is 14.2. The maximum atomic E-state index is 12.9. The number of aryl methyl sites for hydroxylation is 2. The van der Waals surface area contributed by atoms with Crippen molar-refractivity contribution in [2.24, 2.45) is 5.92 Å². The van der Waals surface area contributed by atoms with Crippen LogP contribution >= 0.6 is 0 Å². The summed E-state index contributed by atoms with van der Waals surface area (Å²) in [6.07, 6.45) is 1.04. The van der Waals surface area contributed by atoms with E-state index in [-0.39, 0.29) is 10.8 Å². The lowest BCUT2D eigenvalue weighted by molar-refractivity contribution is -0.119. The predicted molar refractivity (Wildman–Crippen MR) is 110 cm³/mol. The number of anilines is 2. The molecule has 0 saturated carbocycles. The topological polar surface area (TPSA) is 75.7 Å². The van der Waals surface area contributed by atoms with Crippen LogP contribution in [0.2, 0.25) is 0 Å². The first-order valence-electron chi connectivity index (χ1n) is 9.32. The number of nitrogens with one attached hydrogen (secondary N) is 1. The Labute approximate surface area is 166 Å². The summed E-state index contributed by atoms with van der Waals surface area (Å²) in [5.41, 5.74) is 3.13.